The van der Waals surface area contributed by atoms with Gasteiger partial charge in [0, 0.05) is 17.9 Å². The molecule has 1 aliphatic rings. The van der Waals surface area contributed by atoms with Gasteiger partial charge in [-0.1, -0.05) is 13.8 Å². The summed E-state index contributed by atoms with van der Waals surface area (Å²) in [7, 11) is 0. The highest BCUT2D eigenvalue weighted by Crippen LogP contribution is 2.21. The fraction of sp³-hybridized carbons (Fsp3) is 0.667. The Hall–Kier alpha value is -0.790. The summed E-state index contributed by atoms with van der Waals surface area (Å²) in [6.07, 6.45) is 0.544. The molecule has 0 aliphatic carbocycles. The highest BCUT2D eigenvalue weighted by atomic mass is 16.5. The SMILES string of the molecule is CC1=C(C(C)C)OCCC1=O. The molecule has 0 bridgehead atoms. The molecule has 0 aromatic heterocycles. The van der Waals surface area contributed by atoms with E-state index in [-0.39, 0.29) is 5.78 Å². The lowest BCUT2D eigenvalue weighted by atomic mass is 10.0. The summed E-state index contributed by atoms with van der Waals surface area (Å²) in [4.78, 5) is 11.2. The van der Waals surface area contributed by atoms with E-state index in [4.69, 9.17) is 4.74 Å². The average molecular weight is 154 g/mol. The van der Waals surface area contributed by atoms with E-state index in [2.05, 4.69) is 0 Å². The van der Waals surface area contributed by atoms with E-state index in [9.17, 15) is 4.79 Å². The van der Waals surface area contributed by atoms with Crippen LogP contribution in [0.4, 0.5) is 0 Å². The van der Waals surface area contributed by atoms with E-state index >= 15 is 0 Å². The monoisotopic (exact) mass is 154 g/mol. The zero-order valence-corrected chi connectivity index (χ0v) is 7.31. The van der Waals surface area contributed by atoms with Gasteiger partial charge in [-0.2, -0.15) is 0 Å². The van der Waals surface area contributed by atoms with Gasteiger partial charge in [-0.25, -0.2) is 0 Å². The normalized spacial score (nSPS) is 19.1. The summed E-state index contributed by atoms with van der Waals surface area (Å²) in [5, 5.41) is 0. The van der Waals surface area contributed by atoms with Crippen molar-refractivity contribution < 1.29 is 9.53 Å². The maximum absolute atomic E-state index is 11.2. The first-order valence-electron chi connectivity index (χ1n) is 3.99. The summed E-state index contributed by atoms with van der Waals surface area (Å²) in [5.74, 6) is 1.44. The van der Waals surface area contributed by atoms with Crippen molar-refractivity contribution in [2.75, 3.05) is 6.61 Å². The molecule has 0 unspecified atom stereocenters. The van der Waals surface area contributed by atoms with E-state index in [1.165, 1.54) is 0 Å². The molecule has 0 N–H and O–H groups in total. The molecule has 0 amide bonds. The lowest BCUT2D eigenvalue weighted by molar-refractivity contribution is -0.117. The number of ether oxygens (including phenoxy) is 1. The Labute approximate surface area is 67.2 Å². The number of ketones is 1. The molecule has 0 spiro atoms. The van der Waals surface area contributed by atoms with Gasteiger partial charge in [0.25, 0.3) is 0 Å². The smallest absolute Gasteiger partial charge is 0.165 e. The Morgan fingerprint density at radius 1 is 1.45 bits per heavy atom. The third-order valence-corrected chi connectivity index (χ3v) is 1.90. The van der Waals surface area contributed by atoms with Crippen molar-refractivity contribution in [3.8, 4) is 0 Å². The lowest BCUT2D eigenvalue weighted by Crippen LogP contribution is -2.17. The molecule has 0 aromatic carbocycles. The van der Waals surface area contributed by atoms with Crippen molar-refractivity contribution in [1.29, 1.82) is 0 Å². The Balaban J connectivity index is 2.89. The van der Waals surface area contributed by atoms with Gasteiger partial charge in [0.05, 0.1) is 6.61 Å². The number of carbonyl (C=O) groups excluding carboxylic acids is 1. The minimum atomic E-state index is 0.236. The van der Waals surface area contributed by atoms with Crippen LogP contribution in [0.2, 0.25) is 0 Å². The van der Waals surface area contributed by atoms with Crippen molar-refractivity contribution in [3.05, 3.63) is 11.3 Å². The van der Waals surface area contributed by atoms with E-state index in [0.717, 1.165) is 11.3 Å². The molecule has 0 radical (unpaired) electrons. The molecule has 0 atom stereocenters. The largest absolute Gasteiger partial charge is 0.497 e. The van der Waals surface area contributed by atoms with Crippen LogP contribution in [-0.4, -0.2) is 12.4 Å². The number of hydrogen-bond acceptors (Lipinski definition) is 2. The van der Waals surface area contributed by atoms with Crippen LogP contribution >= 0.6 is 0 Å². The zero-order chi connectivity index (χ0) is 8.43. The summed E-state index contributed by atoms with van der Waals surface area (Å²) in [6, 6.07) is 0. The maximum Gasteiger partial charge on any atom is 0.165 e. The van der Waals surface area contributed by atoms with Crippen LogP contribution in [0.5, 0.6) is 0 Å². The second-order valence-corrected chi connectivity index (χ2v) is 3.17. The van der Waals surface area contributed by atoms with Crippen molar-refractivity contribution >= 4 is 5.78 Å². The first kappa shape index (κ1) is 8.31. The number of Topliss-reactive ketones (excluding diaryl/α,β-unsaturated/α-hetero) is 1. The minimum absolute atomic E-state index is 0.236. The second kappa shape index (κ2) is 3.07. The first-order valence-corrected chi connectivity index (χ1v) is 3.99. The van der Waals surface area contributed by atoms with E-state index in [1.807, 2.05) is 20.8 Å². The summed E-state index contributed by atoms with van der Waals surface area (Å²) >= 11 is 0. The molecule has 11 heavy (non-hydrogen) atoms. The summed E-state index contributed by atoms with van der Waals surface area (Å²) in [5.41, 5.74) is 0.811. The van der Waals surface area contributed by atoms with Crippen LogP contribution in [-0.2, 0) is 9.53 Å². The van der Waals surface area contributed by atoms with Crippen LogP contribution in [0, 0.1) is 5.92 Å². The van der Waals surface area contributed by atoms with Crippen LogP contribution in [0.1, 0.15) is 27.2 Å². The van der Waals surface area contributed by atoms with Crippen molar-refractivity contribution in [2.45, 2.75) is 27.2 Å². The van der Waals surface area contributed by atoms with Crippen LogP contribution in [0.25, 0.3) is 0 Å². The van der Waals surface area contributed by atoms with Gasteiger partial charge in [0.15, 0.2) is 5.78 Å². The van der Waals surface area contributed by atoms with Gasteiger partial charge >= 0.3 is 0 Å². The molecular weight excluding hydrogens is 140 g/mol. The van der Waals surface area contributed by atoms with Crippen LogP contribution in [0.3, 0.4) is 0 Å². The number of rotatable bonds is 1. The molecular formula is C9H14O2. The number of carbonyl (C=O) groups is 1. The molecule has 62 valence electrons. The first-order chi connectivity index (χ1) is 5.13. The molecule has 0 saturated heterocycles. The molecule has 2 nitrogen and oxygen atoms in total. The second-order valence-electron chi connectivity index (χ2n) is 3.17. The highest BCUT2D eigenvalue weighted by molar-refractivity contribution is 5.95. The average Bonchev–Trinajstić information content (AvgIpc) is 1.94. The Bertz CT molecular complexity index is 202. The molecule has 0 aromatic rings. The Morgan fingerprint density at radius 3 is 2.55 bits per heavy atom. The summed E-state index contributed by atoms with van der Waals surface area (Å²) in [6.45, 7) is 6.48. The van der Waals surface area contributed by atoms with Gasteiger partial charge < -0.3 is 4.74 Å². The highest BCUT2D eigenvalue weighted by Gasteiger charge is 2.19. The zero-order valence-electron chi connectivity index (χ0n) is 7.31. The van der Waals surface area contributed by atoms with Crippen molar-refractivity contribution in [3.63, 3.8) is 0 Å². The molecule has 0 fully saturated rings. The molecule has 0 saturated carbocycles. The van der Waals surface area contributed by atoms with Gasteiger partial charge in [-0.05, 0) is 6.92 Å². The van der Waals surface area contributed by atoms with Crippen molar-refractivity contribution in [1.82, 2.24) is 0 Å². The topological polar surface area (TPSA) is 26.3 Å². The third-order valence-electron chi connectivity index (χ3n) is 1.90. The van der Waals surface area contributed by atoms with Gasteiger partial charge in [-0.3, -0.25) is 4.79 Å². The molecule has 1 heterocycles. The maximum atomic E-state index is 11.2. The predicted octanol–water partition coefficient (Wildman–Crippen LogP) is 1.91. The predicted molar refractivity (Wildman–Crippen MR) is 43.1 cm³/mol. The Kier molecular flexibility index (Phi) is 2.32. The minimum Gasteiger partial charge on any atom is -0.497 e. The lowest BCUT2D eigenvalue weighted by Gasteiger charge is -2.20. The quantitative estimate of drug-likeness (QED) is 0.576. The fourth-order valence-electron chi connectivity index (χ4n) is 1.29. The number of allylic oxidation sites excluding steroid dienone is 2. The van der Waals surface area contributed by atoms with E-state index in [1.54, 1.807) is 0 Å². The van der Waals surface area contributed by atoms with Gasteiger partial charge in [0.2, 0.25) is 0 Å². The summed E-state index contributed by atoms with van der Waals surface area (Å²) < 4.78 is 5.38. The standard InChI is InChI=1S/C9H14O2/c1-6(2)9-7(3)8(10)4-5-11-9/h6H,4-5H2,1-3H3. The van der Waals surface area contributed by atoms with E-state index in [0.29, 0.717) is 18.9 Å². The fourth-order valence-corrected chi connectivity index (χ4v) is 1.29. The van der Waals surface area contributed by atoms with Crippen LogP contribution in [0.15, 0.2) is 11.3 Å². The van der Waals surface area contributed by atoms with Crippen LogP contribution < -0.4 is 0 Å². The molecule has 2 heteroatoms. The number of hydrogen-bond donors (Lipinski definition) is 0. The third kappa shape index (κ3) is 1.62. The molecule has 1 aliphatic heterocycles. The molecule has 1 rings (SSSR count). The van der Waals surface area contributed by atoms with Crippen molar-refractivity contribution in [2.24, 2.45) is 5.92 Å². The van der Waals surface area contributed by atoms with Gasteiger partial charge in [-0.15, -0.1) is 0 Å². The van der Waals surface area contributed by atoms with Gasteiger partial charge in [0.1, 0.15) is 5.76 Å². The Morgan fingerprint density at radius 2 is 2.09 bits per heavy atom. The van der Waals surface area contributed by atoms with E-state index < -0.39 is 0 Å².